The Balaban J connectivity index is 0.000000226. The lowest BCUT2D eigenvalue weighted by molar-refractivity contribution is -0.132. The van der Waals surface area contributed by atoms with E-state index in [0.717, 1.165) is 19.3 Å². The number of carboxylic acids is 1. The van der Waals surface area contributed by atoms with Gasteiger partial charge in [-0.2, -0.15) is 0 Å². The lowest BCUT2D eigenvalue weighted by Crippen LogP contribution is -2.04. The van der Waals surface area contributed by atoms with Gasteiger partial charge in [0.05, 0.1) is 6.10 Å². The highest BCUT2D eigenvalue weighted by atomic mass is 16.4. The van der Waals surface area contributed by atoms with Crippen LogP contribution in [0.5, 0.6) is 0 Å². The molecule has 3 nitrogen and oxygen atoms in total. The standard InChI is InChI=1S/C6H10O.C4H6O2/c7-6-4-2-1-3-5-6;1-3(2)4(5)6/h2,4,6-7H,1,3,5H2;1H2,2H3,(H,5,6). The number of allylic oxidation sites excluding steroid dienone is 1. The number of carbonyl (C=O) groups is 1. The summed E-state index contributed by atoms with van der Waals surface area (Å²) in [6, 6.07) is 0. The molecule has 0 saturated heterocycles. The molecule has 0 aromatic carbocycles. The highest BCUT2D eigenvalue weighted by Crippen LogP contribution is 2.08. The zero-order valence-corrected chi connectivity index (χ0v) is 7.86. The molecule has 2 N–H and O–H groups in total. The van der Waals surface area contributed by atoms with Crippen molar-refractivity contribution in [1.29, 1.82) is 0 Å². The van der Waals surface area contributed by atoms with E-state index in [9.17, 15) is 4.79 Å². The second-order valence-electron chi connectivity index (χ2n) is 3.01. The van der Waals surface area contributed by atoms with Crippen LogP contribution in [0.2, 0.25) is 0 Å². The van der Waals surface area contributed by atoms with E-state index in [4.69, 9.17) is 10.2 Å². The van der Waals surface area contributed by atoms with E-state index in [1.165, 1.54) is 6.92 Å². The van der Waals surface area contributed by atoms with Crippen molar-refractivity contribution in [2.45, 2.75) is 32.3 Å². The van der Waals surface area contributed by atoms with Gasteiger partial charge in [0.2, 0.25) is 0 Å². The van der Waals surface area contributed by atoms with Gasteiger partial charge in [0.1, 0.15) is 0 Å². The largest absolute Gasteiger partial charge is 0.478 e. The first kappa shape index (κ1) is 11.9. The van der Waals surface area contributed by atoms with Crippen LogP contribution in [0.25, 0.3) is 0 Å². The Morgan fingerprint density at radius 1 is 1.62 bits per heavy atom. The molecule has 0 amide bonds. The van der Waals surface area contributed by atoms with Crippen molar-refractivity contribution in [3.8, 4) is 0 Å². The summed E-state index contributed by atoms with van der Waals surface area (Å²) >= 11 is 0. The first-order valence-electron chi connectivity index (χ1n) is 4.27. The van der Waals surface area contributed by atoms with Gasteiger partial charge in [0.25, 0.3) is 0 Å². The molecular weight excluding hydrogens is 168 g/mol. The SMILES string of the molecule is C=C(C)C(=O)O.OC1C=CCCC1. The average Bonchev–Trinajstić information content (AvgIpc) is 2.06. The van der Waals surface area contributed by atoms with Crippen LogP contribution in [0.4, 0.5) is 0 Å². The molecule has 1 rings (SSSR count). The summed E-state index contributed by atoms with van der Waals surface area (Å²) in [5.74, 6) is -0.935. The van der Waals surface area contributed by atoms with Crippen LogP contribution in [-0.2, 0) is 4.79 Å². The minimum Gasteiger partial charge on any atom is -0.478 e. The Labute approximate surface area is 78.4 Å². The Bertz CT molecular complexity index is 194. The van der Waals surface area contributed by atoms with Crippen LogP contribution in [0.1, 0.15) is 26.2 Å². The molecule has 0 fully saturated rings. The molecule has 0 saturated carbocycles. The molecule has 0 bridgehead atoms. The Hall–Kier alpha value is -1.09. The van der Waals surface area contributed by atoms with E-state index in [0.29, 0.717) is 0 Å². The molecular formula is C10H16O3. The van der Waals surface area contributed by atoms with Gasteiger partial charge < -0.3 is 10.2 Å². The minimum absolute atomic E-state index is 0.145. The molecule has 74 valence electrons. The van der Waals surface area contributed by atoms with Crippen LogP contribution in [0.3, 0.4) is 0 Å². The van der Waals surface area contributed by atoms with Gasteiger partial charge in [0, 0.05) is 5.57 Å². The van der Waals surface area contributed by atoms with E-state index in [-0.39, 0.29) is 11.7 Å². The van der Waals surface area contributed by atoms with Gasteiger partial charge in [-0.1, -0.05) is 18.7 Å². The molecule has 0 aromatic heterocycles. The van der Waals surface area contributed by atoms with Crippen LogP contribution >= 0.6 is 0 Å². The molecule has 0 heterocycles. The summed E-state index contributed by atoms with van der Waals surface area (Å²) < 4.78 is 0. The van der Waals surface area contributed by atoms with Crippen LogP contribution in [0, 0.1) is 0 Å². The van der Waals surface area contributed by atoms with Gasteiger partial charge in [0.15, 0.2) is 0 Å². The second kappa shape index (κ2) is 6.43. The molecule has 0 aliphatic heterocycles. The van der Waals surface area contributed by atoms with E-state index < -0.39 is 5.97 Å². The summed E-state index contributed by atoms with van der Waals surface area (Å²) in [7, 11) is 0. The maximum Gasteiger partial charge on any atom is 0.330 e. The third-order valence-electron chi connectivity index (χ3n) is 1.59. The van der Waals surface area contributed by atoms with Crippen LogP contribution < -0.4 is 0 Å². The number of aliphatic hydroxyl groups is 1. The first-order chi connectivity index (χ1) is 6.04. The van der Waals surface area contributed by atoms with Crippen LogP contribution in [0.15, 0.2) is 24.3 Å². The molecule has 3 heteroatoms. The molecule has 1 unspecified atom stereocenters. The fourth-order valence-corrected chi connectivity index (χ4v) is 0.794. The van der Waals surface area contributed by atoms with Gasteiger partial charge in [-0.15, -0.1) is 0 Å². The van der Waals surface area contributed by atoms with Crippen molar-refractivity contribution < 1.29 is 15.0 Å². The van der Waals surface area contributed by atoms with Crippen molar-refractivity contribution in [1.82, 2.24) is 0 Å². The fraction of sp³-hybridized carbons (Fsp3) is 0.500. The monoisotopic (exact) mass is 184 g/mol. The lowest BCUT2D eigenvalue weighted by atomic mass is 10.1. The van der Waals surface area contributed by atoms with E-state index >= 15 is 0 Å². The third kappa shape index (κ3) is 7.28. The smallest absolute Gasteiger partial charge is 0.330 e. The second-order valence-corrected chi connectivity index (χ2v) is 3.01. The molecule has 0 radical (unpaired) electrons. The zero-order chi connectivity index (χ0) is 10.3. The van der Waals surface area contributed by atoms with Gasteiger partial charge in [-0.05, 0) is 26.2 Å². The normalized spacial score (nSPS) is 20.0. The fourth-order valence-electron chi connectivity index (χ4n) is 0.794. The Morgan fingerprint density at radius 2 is 2.15 bits per heavy atom. The highest BCUT2D eigenvalue weighted by Gasteiger charge is 2.00. The van der Waals surface area contributed by atoms with E-state index in [2.05, 4.69) is 6.58 Å². The number of aliphatic carboxylic acids is 1. The predicted molar refractivity (Wildman–Crippen MR) is 51.4 cm³/mol. The maximum atomic E-state index is 9.60. The summed E-state index contributed by atoms with van der Waals surface area (Å²) in [6.45, 7) is 4.60. The van der Waals surface area contributed by atoms with Crippen molar-refractivity contribution in [2.75, 3.05) is 0 Å². The number of carboxylic acid groups (broad SMARTS) is 1. The maximum absolute atomic E-state index is 9.60. The van der Waals surface area contributed by atoms with Crippen molar-refractivity contribution in [3.63, 3.8) is 0 Å². The summed E-state index contributed by atoms with van der Waals surface area (Å²) in [5, 5.41) is 16.7. The topological polar surface area (TPSA) is 57.5 Å². The van der Waals surface area contributed by atoms with Gasteiger partial charge >= 0.3 is 5.97 Å². The van der Waals surface area contributed by atoms with E-state index in [1.807, 2.05) is 12.2 Å². The van der Waals surface area contributed by atoms with Gasteiger partial charge in [-0.25, -0.2) is 4.79 Å². The van der Waals surface area contributed by atoms with Crippen molar-refractivity contribution >= 4 is 5.97 Å². The molecule has 13 heavy (non-hydrogen) atoms. The number of aliphatic hydroxyl groups excluding tert-OH is 1. The summed E-state index contributed by atoms with van der Waals surface area (Å²) in [4.78, 5) is 9.60. The molecule has 1 aliphatic rings. The summed E-state index contributed by atoms with van der Waals surface area (Å²) in [6.07, 6.45) is 7.01. The third-order valence-corrected chi connectivity index (χ3v) is 1.59. The number of hydrogen-bond acceptors (Lipinski definition) is 2. The highest BCUT2D eigenvalue weighted by molar-refractivity contribution is 5.84. The first-order valence-corrected chi connectivity index (χ1v) is 4.27. The minimum atomic E-state index is -0.935. The Morgan fingerprint density at radius 3 is 2.31 bits per heavy atom. The lowest BCUT2D eigenvalue weighted by Gasteiger charge is -2.07. The number of rotatable bonds is 1. The molecule has 1 atom stereocenters. The average molecular weight is 184 g/mol. The molecule has 0 aromatic rings. The quantitative estimate of drug-likeness (QED) is 0.482. The molecule has 1 aliphatic carbocycles. The van der Waals surface area contributed by atoms with E-state index in [1.54, 1.807) is 0 Å². The van der Waals surface area contributed by atoms with Crippen LogP contribution in [-0.4, -0.2) is 22.3 Å². The Kier molecular flexibility index (Phi) is 5.89. The van der Waals surface area contributed by atoms with Crippen molar-refractivity contribution in [2.24, 2.45) is 0 Å². The van der Waals surface area contributed by atoms with Gasteiger partial charge in [-0.3, -0.25) is 0 Å². The summed E-state index contributed by atoms with van der Waals surface area (Å²) in [5.41, 5.74) is 0.176. The number of hydrogen-bond donors (Lipinski definition) is 2. The molecule has 0 spiro atoms. The predicted octanol–water partition coefficient (Wildman–Crippen LogP) is 1.73. The van der Waals surface area contributed by atoms with Crippen molar-refractivity contribution in [3.05, 3.63) is 24.3 Å². The zero-order valence-electron chi connectivity index (χ0n) is 7.86.